The molecule has 4 rings (SSSR count). The Balaban J connectivity index is 1.63. The molecule has 0 unspecified atom stereocenters. The maximum atomic E-state index is 13.9. The predicted octanol–water partition coefficient (Wildman–Crippen LogP) is 4.70. The third-order valence-corrected chi connectivity index (χ3v) is 8.15. The summed E-state index contributed by atoms with van der Waals surface area (Å²) in [6, 6.07) is 3.08. The molecule has 3 aromatic rings. The van der Waals surface area contributed by atoms with E-state index in [1.807, 2.05) is 50.0 Å². The van der Waals surface area contributed by atoms with Gasteiger partial charge in [-0.15, -0.1) is 11.3 Å². The number of hydrogen-bond donors (Lipinski definition) is 2. The number of nitrogens with zero attached hydrogens (tertiary/aromatic N) is 5. The van der Waals surface area contributed by atoms with Gasteiger partial charge in [0.25, 0.3) is 11.5 Å². The fourth-order valence-electron chi connectivity index (χ4n) is 5.01. The van der Waals surface area contributed by atoms with Crippen LogP contribution in [0.1, 0.15) is 82.4 Å². The van der Waals surface area contributed by atoms with Crippen molar-refractivity contribution >= 4 is 52.0 Å². The van der Waals surface area contributed by atoms with Gasteiger partial charge in [-0.05, 0) is 78.9 Å². The van der Waals surface area contributed by atoms with Crippen LogP contribution < -0.4 is 21.1 Å². The van der Waals surface area contributed by atoms with E-state index in [2.05, 4.69) is 15.6 Å². The zero-order valence-electron chi connectivity index (χ0n) is 29.1. The molecule has 0 aromatic carbocycles. The number of esters is 1. The van der Waals surface area contributed by atoms with Gasteiger partial charge in [-0.2, -0.15) is 0 Å². The molecule has 2 amide bonds. The minimum Gasteiger partial charge on any atom is -0.457 e. The maximum Gasteiger partial charge on any atom is 0.407 e. The van der Waals surface area contributed by atoms with E-state index in [1.54, 1.807) is 26.8 Å². The van der Waals surface area contributed by atoms with Gasteiger partial charge < -0.3 is 24.6 Å². The molecule has 0 aliphatic carbocycles. The van der Waals surface area contributed by atoms with Gasteiger partial charge in [-0.1, -0.05) is 20.8 Å². The van der Waals surface area contributed by atoms with E-state index in [9.17, 15) is 19.2 Å². The van der Waals surface area contributed by atoms with Crippen LogP contribution >= 0.6 is 11.3 Å². The van der Waals surface area contributed by atoms with Crippen molar-refractivity contribution in [3.8, 4) is 0 Å². The molecule has 4 heterocycles. The number of fused-ring (bicyclic) bond motifs is 1. The number of alkyl carbamates (subject to hydrolysis) is 1. The molecule has 0 saturated carbocycles. The van der Waals surface area contributed by atoms with Gasteiger partial charge in [-0.25, -0.2) is 19.6 Å². The van der Waals surface area contributed by atoms with Crippen molar-refractivity contribution < 1.29 is 23.9 Å². The lowest BCUT2D eigenvalue weighted by atomic mass is 9.93. The second-order valence-corrected chi connectivity index (χ2v) is 15.0. The average Bonchev–Trinajstić information content (AvgIpc) is 3.47. The summed E-state index contributed by atoms with van der Waals surface area (Å²) in [7, 11) is 3.94. The SMILES string of the molecule is CN(C)CCCNC(=O)O[C@@H]1CCCN(c2nc3cc(C(=O)Nc4nc(C(C)(C)C)cs4)ccn3c(=O)c2/C=C/C(=O)OC(C)(C)C)C1. The number of anilines is 2. The largest absolute Gasteiger partial charge is 0.457 e. The highest BCUT2D eigenvalue weighted by Crippen LogP contribution is 2.27. The number of hydrogen-bond acceptors (Lipinski definition) is 11. The first-order chi connectivity index (χ1) is 22.5. The molecule has 1 saturated heterocycles. The van der Waals surface area contributed by atoms with Crippen LogP contribution in [0.3, 0.4) is 0 Å². The van der Waals surface area contributed by atoms with E-state index < -0.39 is 29.3 Å². The monoisotopic (exact) mass is 681 g/mol. The van der Waals surface area contributed by atoms with Crippen LogP contribution in [0.15, 0.2) is 34.6 Å². The number of carbonyl (C=O) groups is 3. The highest BCUT2D eigenvalue weighted by molar-refractivity contribution is 7.14. The molecule has 1 aliphatic heterocycles. The summed E-state index contributed by atoms with van der Waals surface area (Å²) in [5.74, 6) is -0.681. The van der Waals surface area contributed by atoms with E-state index >= 15 is 0 Å². The second-order valence-electron chi connectivity index (χ2n) is 14.1. The zero-order valence-corrected chi connectivity index (χ0v) is 29.9. The fourth-order valence-corrected chi connectivity index (χ4v) is 5.94. The molecule has 1 aliphatic rings. The van der Waals surface area contributed by atoms with Crippen molar-refractivity contribution in [3.05, 3.63) is 57.0 Å². The van der Waals surface area contributed by atoms with Crippen LogP contribution in [0, 0.1) is 0 Å². The van der Waals surface area contributed by atoms with Gasteiger partial charge in [0.05, 0.1) is 17.8 Å². The Morgan fingerprint density at radius 2 is 1.90 bits per heavy atom. The van der Waals surface area contributed by atoms with Gasteiger partial charge in [0, 0.05) is 41.7 Å². The van der Waals surface area contributed by atoms with Gasteiger partial charge in [0.1, 0.15) is 23.2 Å². The lowest BCUT2D eigenvalue weighted by molar-refractivity contribution is -0.148. The molecule has 2 N–H and O–H groups in total. The van der Waals surface area contributed by atoms with E-state index in [0.717, 1.165) is 18.7 Å². The number of ether oxygens (including phenoxy) is 2. The Bertz CT molecular complexity index is 1720. The van der Waals surface area contributed by atoms with Crippen molar-refractivity contribution in [2.24, 2.45) is 0 Å². The molecule has 1 fully saturated rings. The number of piperidine rings is 1. The predicted molar refractivity (Wildman–Crippen MR) is 188 cm³/mol. The Labute approximate surface area is 285 Å². The van der Waals surface area contributed by atoms with Crippen molar-refractivity contribution in [1.82, 2.24) is 24.6 Å². The van der Waals surface area contributed by atoms with Crippen molar-refractivity contribution in [2.45, 2.75) is 77.9 Å². The number of pyridine rings is 1. The van der Waals surface area contributed by atoms with Gasteiger partial charge in [0.15, 0.2) is 5.13 Å². The minimum atomic E-state index is -0.713. The number of thiazole rings is 1. The number of carbonyl (C=O) groups excluding carboxylic acids is 3. The lowest BCUT2D eigenvalue weighted by Crippen LogP contribution is -2.43. The molecule has 0 radical (unpaired) electrons. The second kappa shape index (κ2) is 15.3. The molecule has 1 atom stereocenters. The quantitative estimate of drug-likeness (QED) is 0.175. The first-order valence-corrected chi connectivity index (χ1v) is 17.0. The zero-order chi connectivity index (χ0) is 35.2. The van der Waals surface area contributed by atoms with Crippen molar-refractivity contribution in [1.29, 1.82) is 0 Å². The molecule has 48 heavy (non-hydrogen) atoms. The normalized spacial score (nSPS) is 15.6. The molecule has 0 spiro atoms. The van der Waals surface area contributed by atoms with Crippen LogP contribution in [0.5, 0.6) is 0 Å². The van der Waals surface area contributed by atoms with Gasteiger partial charge in [0.2, 0.25) is 0 Å². The van der Waals surface area contributed by atoms with Crippen molar-refractivity contribution in [3.63, 3.8) is 0 Å². The van der Waals surface area contributed by atoms with E-state index in [0.29, 0.717) is 49.0 Å². The summed E-state index contributed by atoms with van der Waals surface area (Å²) in [5, 5.41) is 8.03. The third kappa shape index (κ3) is 10.1. The average molecular weight is 682 g/mol. The topological polar surface area (TPSA) is 147 Å². The molecule has 13 nitrogen and oxygen atoms in total. The summed E-state index contributed by atoms with van der Waals surface area (Å²) in [4.78, 5) is 65.5. The molecule has 0 bridgehead atoms. The summed E-state index contributed by atoms with van der Waals surface area (Å²) in [5.41, 5.74) is 0.275. The van der Waals surface area contributed by atoms with Crippen LogP contribution in [-0.2, 0) is 19.7 Å². The highest BCUT2D eigenvalue weighted by atomic mass is 32.1. The standard InChI is InChI=1S/C34H47N7O6S/c1-33(2,3)25-21-48-31(36-25)38-29(43)22-14-18-41-26(19-22)37-28(24(30(41)44)12-13-27(42)47-34(4,5)6)40-17-9-11-23(20-40)46-32(45)35-15-10-16-39(7)8/h12-14,18-19,21,23H,9-11,15-17,20H2,1-8H3,(H,35,45)(H,36,38,43)/b13-12+/t23-/m1/s1. The number of rotatable bonds is 10. The number of aromatic nitrogens is 3. The Morgan fingerprint density at radius 3 is 2.56 bits per heavy atom. The number of amides is 2. The highest BCUT2D eigenvalue weighted by Gasteiger charge is 2.27. The van der Waals surface area contributed by atoms with Gasteiger partial charge in [-0.3, -0.25) is 19.3 Å². The van der Waals surface area contributed by atoms with E-state index in [1.165, 1.54) is 40.2 Å². The Morgan fingerprint density at radius 1 is 1.15 bits per heavy atom. The molecule has 260 valence electrons. The summed E-state index contributed by atoms with van der Waals surface area (Å²) >= 11 is 1.34. The van der Waals surface area contributed by atoms with Crippen LogP contribution in [0.4, 0.5) is 15.7 Å². The van der Waals surface area contributed by atoms with Crippen LogP contribution in [-0.4, -0.2) is 89.2 Å². The third-order valence-electron chi connectivity index (χ3n) is 7.40. The fraction of sp³-hybridized carbons (Fsp3) is 0.529. The molecule has 14 heteroatoms. The smallest absolute Gasteiger partial charge is 0.407 e. The maximum absolute atomic E-state index is 13.9. The molecular formula is C34H47N7O6S. The molecule has 3 aromatic heterocycles. The first kappa shape index (κ1) is 36.5. The summed E-state index contributed by atoms with van der Waals surface area (Å²) in [6.07, 6.45) is 5.28. The Hall–Kier alpha value is -4.30. The van der Waals surface area contributed by atoms with E-state index in [-0.39, 0.29) is 22.5 Å². The molecular weight excluding hydrogens is 634 g/mol. The summed E-state index contributed by atoms with van der Waals surface area (Å²) < 4.78 is 12.5. The first-order valence-electron chi connectivity index (χ1n) is 16.1. The van der Waals surface area contributed by atoms with Crippen LogP contribution in [0.25, 0.3) is 11.7 Å². The minimum absolute atomic E-state index is 0.159. The Kier molecular flexibility index (Phi) is 11.6. The van der Waals surface area contributed by atoms with E-state index in [4.69, 9.17) is 14.5 Å². The number of nitrogens with one attached hydrogen (secondary N) is 2. The van der Waals surface area contributed by atoms with Crippen LogP contribution in [0.2, 0.25) is 0 Å². The lowest BCUT2D eigenvalue weighted by Gasteiger charge is -2.34. The summed E-state index contributed by atoms with van der Waals surface area (Å²) in [6.45, 7) is 13.6. The van der Waals surface area contributed by atoms with Crippen molar-refractivity contribution in [2.75, 3.05) is 50.5 Å². The van der Waals surface area contributed by atoms with Gasteiger partial charge >= 0.3 is 12.1 Å².